The molecule has 3 N–H and O–H groups in total. The lowest BCUT2D eigenvalue weighted by Gasteiger charge is -2.21. The molecule has 1 aromatic carbocycles. The average Bonchev–Trinajstić information content (AvgIpc) is 3.21. The maximum atomic E-state index is 14.9. The summed E-state index contributed by atoms with van der Waals surface area (Å²) in [6, 6.07) is 10.2. The molecule has 3 rings (SSSR count). The number of para-hydroxylation sites is 1. The van der Waals surface area contributed by atoms with E-state index >= 15 is 0 Å². The maximum Gasteiger partial charge on any atom is 0.412 e. The molecule has 0 aliphatic carbocycles. The highest BCUT2D eigenvalue weighted by Crippen LogP contribution is 2.42. The largest absolute Gasteiger partial charge is 0.463 e. The van der Waals surface area contributed by atoms with E-state index in [0.29, 0.717) is 43.1 Å². The lowest BCUT2D eigenvalue weighted by Crippen LogP contribution is -2.42. The van der Waals surface area contributed by atoms with Crippen LogP contribution in [0.2, 0.25) is 0 Å². The number of aromatic nitrogens is 2. The first-order valence-corrected chi connectivity index (χ1v) is 14.9. The van der Waals surface area contributed by atoms with Crippen molar-refractivity contribution in [3.05, 3.63) is 53.1 Å². The summed E-state index contributed by atoms with van der Waals surface area (Å²) in [6.45, 7) is 1.59. The van der Waals surface area contributed by atoms with Crippen molar-refractivity contribution in [3.8, 4) is 0 Å². The number of benzene rings is 1. The van der Waals surface area contributed by atoms with Gasteiger partial charge < -0.3 is 24.6 Å². The van der Waals surface area contributed by atoms with E-state index < -0.39 is 48.7 Å². The molecule has 0 unspecified atom stereocenters. The van der Waals surface area contributed by atoms with Gasteiger partial charge in [-0.3, -0.25) is 19.5 Å². The van der Waals surface area contributed by atoms with Crippen molar-refractivity contribution >= 4 is 29.5 Å². The van der Waals surface area contributed by atoms with Gasteiger partial charge in [0.15, 0.2) is 6.10 Å². The van der Waals surface area contributed by atoms with Gasteiger partial charge in [-0.1, -0.05) is 57.2 Å². The number of esters is 1. The number of hydrogen-bond acceptors (Lipinski definition) is 9. The second kappa shape index (κ2) is 17.4. The second-order valence-corrected chi connectivity index (χ2v) is 10.5. The van der Waals surface area contributed by atoms with Crippen LogP contribution in [-0.4, -0.2) is 64.0 Å². The predicted octanol–water partition coefficient (Wildman–Crippen LogP) is 4.79. The SMILES string of the molecule is CCCCCCOC(=O)Nc1ccn([C@@H]2O[C@H](COC(=O)CCCCCCC(=O)Nc3ccccc3)[C@@H](O)C2(F)F)c(=O)n1. The van der Waals surface area contributed by atoms with E-state index in [-0.39, 0.29) is 24.8 Å². The van der Waals surface area contributed by atoms with Crippen molar-refractivity contribution in [1.82, 2.24) is 9.55 Å². The summed E-state index contributed by atoms with van der Waals surface area (Å²) in [6.07, 6.45) is 0.444. The number of carbonyl (C=O) groups excluding carboxylic acids is 3. The highest BCUT2D eigenvalue weighted by atomic mass is 19.3. The van der Waals surface area contributed by atoms with E-state index in [0.717, 1.165) is 37.2 Å². The minimum Gasteiger partial charge on any atom is -0.463 e. The summed E-state index contributed by atoms with van der Waals surface area (Å²) in [5, 5.41) is 15.2. The van der Waals surface area contributed by atoms with Crippen molar-refractivity contribution in [2.45, 2.75) is 95.5 Å². The molecule has 1 aliphatic heterocycles. The van der Waals surface area contributed by atoms with Gasteiger partial charge >= 0.3 is 23.7 Å². The normalized spacial score (nSPS) is 18.9. The van der Waals surface area contributed by atoms with Crippen LogP contribution in [0, 0.1) is 0 Å². The van der Waals surface area contributed by atoms with E-state index in [1.165, 1.54) is 0 Å². The molecule has 2 aromatic rings. The molecule has 1 saturated heterocycles. The van der Waals surface area contributed by atoms with Gasteiger partial charge in [-0.15, -0.1) is 0 Å². The van der Waals surface area contributed by atoms with Crippen LogP contribution >= 0.6 is 0 Å². The van der Waals surface area contributed by atoms with Gasteiger partial charge in [-0.25, -0.2) is 9.59 Å². The first kappa shape index (κ1) is 34.6. The molecule has 3 atom stereocenters. The Kier molecular flexibility index (Phi) is 13.7. The molecule has 0 saturated carbocycles. The monoisotopic (exact) mass is 622 g/mol. The molecular formula is C30H40F2N4O8. The first-order valence-electron chi connectivity index (χ1n) is 14.9. The molecule has 0 radical (unpaired) electrons. The summed E-state index contributed by atoms with van der Waals surface area (Å²) in [4.78, 5) is 52.1. The van der Waals surface area contributed by atoms with Crippen LogP contribution < -0.4 is 16.3 Å². The topological polar surface area (TPSA) is 158 Å². The lowest BCUT2D eigenvalue weighted by atomic mass is 10.1. The highest BCUT2D eigenvalue weighted by Gasteiger charge is 2.60. The Morgan fingerprint density at radius 1 is 0.977 bits per heavy atom. The van der Waals surface area contributed by atoms with Crippen molar-refractivity contribution in [2.24, 2.45) is 0 Å². The Morgan fingerprint density at radius 3 is 2.39 bits per heavy atom. The van der Waals surface area contributed by atoms with E-state index in [9.17, 15) is 33.1 Å². The van der Waals surface area contributed by atoms with Crippen LogP contribution in [0.15, 0.2) is 47.4 Å². The Labute approximate surface area is 254 Å². The number of nitrogens with one attached hydrogen (secondary N) is 2. The van der Waals surface area contributed by atoms with Crippen molar-refractivity contribution < 1.29 is 42.5 Å². The average molecular weight is 623 g/mol. The number of hydrogen-bond donors (Lipinski definition) is 3. The zero-order valence-corrected chi connectivity index (χ0v) is 24.7. The molecule has 12 nitrogen and oxygen atoms in total. The predicted molar refractivity (Wildman–Crippen MR) is 156 cm³/mol. The van der Waals surface area contributed by atoms with Gasteiger partial charge in [0.1, 0.15) is 18.5 Å². The Morgan fingerprint density at radius 2 is 1.68 bits per heavy atom. The molecule has 2 amide bonds. The fourth-order valence-corrected chi connectivity index (χ4v) is 4.50. The number of unbranched alkanes of at least 4 members (excludes halogenated alkanes) is 6. The van der Waals surface area contributed by atoms with Gasteiger partial charge in [-0.05, 0) is 37.5 Å². The second-order valence-electron chi connectivity index (χ2n) is 10.5. The third kappa shape index (κ3) is 10.7. The van der Waals surface area contributed by atoms with Gasteiger partial charge in [-0.2, -0.15) is 13.8 Å². The zero-order valence-electron chi connectivity index (χ0n) is 24.7. The molecule has 44 heavy (non-hydrogen) atoms. The van der Waals surface area contributed by atoms with Crippen LogP contribution in [0.25, 0.3) is 0 Å². The number of halogens is 2. The number of rotatable bonds is 17. The molecule has 14 heteroatoms. The van der Waals surface area contributed by atoms with E-state index in [1.54, 1.807) is 12.1 Å². The van der Waals surface area contributed by atoms with Gasteiger partial charge in [0.25, 0.3) is 0 Å². The Balaban J connectivity index is 1.38. The third-order valence-corrected chi connectivity index (χ3v) is 6.92. The molecule has 0 spiro atoms. The maximum absolute atomic E-state index is 14.9. The standard InChI is InChI=1S/C30H40F2N4O8/c1-2-3-4-12-19-42-29(41)35-23-17-18-36(28(40)34-23)27-30(31,32)26(39)22(44-27)20-43-25(38)16-11-6-5-10-15-24(37)33-21-13-8-7-9-14-21/h7-9,13-14,17-18,22,26-27,39H,2-6,10-12,15-16,19-20H2,1H3,(H,33,37)(H,34,35,40,41)/t22-,26-,27-/m1/s1. The Bertz CT molecular complexity index is 1280. The summed E-state index contributed by atoms with van der Waals surface area (Å²) in [7, 11) is 0. The number of aliphatic hydroxyl groups is 1. The van der Waals surface area contributed by atoms with Crippen LogP contribution in [0.3, 0.4) is 0 Å². The zero-order chi connectivity index (χ0) is 32.0. The summed E-state index contributed by atoms with van der Waals surface area (Å²) in [5.74, 6) is -4.85. The quantitative estimate of drug-likeness (QED) is 0.167. The molecule has 0 bridgehead atoms. The number of carbonyl (C=O) groups is 3. The number of aliphatic hydroxyl groups excluding tert-OH is 1. The van der Waals surface area contributed by atoms with Crippen molar-refractivity contribution in [2.75, 3.05) is 23.8 Å². The smallest absolute Gasteiger partial charge is 0.412 e. The van der Waals surface area contributed by atoms with Gasteiger partial charge in [0.05, 0.1) is 6.61 Å². The highest BCUT2D eigenvalue weighted by molar-refractivity contribution is 5.90. The third-order valence-electron chi connectivity index (χ3n) is 6.92. The van der Waals surface area contributed by atoms with Gasteiger partial charge in [0, 0.05) is 24.7 Å². The number of alkyl halides is 2. The van der Waals surface area contributed by atoms with Crippen molar-refractivity contribution in [3.63, 3.8) is 0 Å². The Hall–Kier alpha value is -3.91. The van der Waals surface area contributed by atoms with Gasteiger partial charge in [0.2, 0.25) is 12.1 Å². The summed E-state index contributed by atoms with van der Waals surface area (Å²) < 4.78 is 45.5. The minimum atomic E-state index is -3.90. The van der Waals surface area contributed by atoms with Crippen LogP contribution in [0.4, 0.5) is 25.1 Å². The number of amides is 2. The lowest BCUT2D eigenvalue weighted by molar-refractivity contribution is -0.150. The summed E-state index contributed by atoms with van der Waals surface area (Å²) in [5.41, 5.74) is -0.431. The molecule has 1 aliphatic rings. The fourth-order valence-electron chi connectivity index (χ4n) is 4.50. The molecule has 1 fully saturated rings. The number of nitrogens with zero attached hydrogens (tertiary/aromatic N) is 2. The fraction of sp³-hybridized carbons (Fsp3) is 0.567. The molecule has 1 aromatic heterocycles. The molecule has 2 heterocycles. The van der Waals surface area contributed by atoms with E-state index in [1.807, 2.05) is 25.1 Å². The summed E-state index contributed by atoms with van der Waals surface area (Å²) >= 11 is 0. The molecular weight excluding hydrogens is 582 g/mol. The minimum absolute atomic E-state index is 0.0257. The van der Waals surface area contributed by atoms with Crippen LogP contribution in [0.5, 0.6) is 0 Å². The van der Waals surface area contributed by atoms with Crippen molar-refractivity contribution in [1.29, 1.82) is 0 Å². The van der Waals surface area contributed by atoms with Crippen LogP contribution in [-0.2, 0) is 23.8 Å². The van der Waals surface area contributed by atoms with E-state index in [4.69, 9.17) is 14.2 Å². The molecule has 242 valence electrons. The van der Waals surface area contributed by atoms with Crippen LogP contribution in [0.1, 0.15) is 77.4 Å². The number of ether oxygens (including phenoxy) is 3. The first-order chi connectivity index (χ1) is 21.1. The van der Waals surface area contributed by atoms with E-state index in [2.05, 4.69) is 15.6 Å². The number of anilines is 2.